The summed E-state index contributed by atoms with van der Waals surface area (Å²) in [5.41, 5.74) is 1.97. The van der Waals surface area contributed by atoms with E-state index < -0.39 is 15.9 Å². The summed E-state index contributed by atoms with van der Waals surface area (Å²) in [7, 11) is -3.30. The molecule has 1 saturated heterocycles. The van der Waals surface area contributed by atoms with E-state index in [0.29, 0.717) is 24.4 Å². The summed E-state index contributed by atoms with van der Waals surface area (Å²) in [6.07, 6.45) is -0.533. The molecule has 1 amide bonds. The molecular formula is C19H23ClN2O4S. The van der Waals surface area contributed by atoms with Crippen LogP contribution in [0.1, 0.15) is 11.1 Å². The lowest BCUT2D eigenvalue weighted by atomic mass is 10.2. The minimum Gasteiger partial charge on any atom is -0.366 e. The minimum atomic E-state index is -3.30. The van der Waals surface area contributed by atoms with E-state index in [1.807, 2.05) is 18.2 Å². The van der Waals surface area contributed by atoms with Gasteiger partial charge in [-0.25, -0.2) is 8.42 Å². The van der Waals surface area contributed by atoms with Gasteiger partial charge in [0.2, 0.25) is 0 Å². The second kappa shape index (κ2) is 9.85. The number of carbonyl (C=O) groups excluding carboxylic acids is 1. The quantitative estimate of drug-likeness (QED) is 0.762. The molecule has 0 aliphatic carbocycles. The molecule has 1 atom stereocenters. The summed E-state index contributed by atoms with van der Waals surface area (Å²) in [5, 5.41) is 5.89. The fourth-order valence-corrected chi connectivity index (χ4v) is 4.32. The third-order valence-electron chi connectivity index (χ3n) is 4.03. The molecule has 0 saturated carbocycles. The molecule has 1 aliphatic rings. The van der Waals surface area contributed by atoms with Crippen LogP contribution in [0.5, 0.6) is 0 Å². The molecule has 1 heterocycles. The molecule has 0 spiro atoms. The smallest absolute Gasteiger partial charge is 0.254 e. The average molecular weight is 411 g/mol. The van der Waals surface area contributed by atoms with E-state index in [9.17, 15) is 13.2 Å². The second-order valence-electron chi connectivity index (χ2n) is 6.27. The third kappa shape index (κ3) is 6.62. The minimum absolute atomic E-state index is 0. The molecule has 27 heavy (non-hydrogen) atoms. The Morgan fingerprint density at radius 3 is 2.48 bits per heavy atom. The highest BCUT2D eigenvalue weighted by Crippen LogP contribution is 2.17. The van der Waals surface area contributed by atoms with Crippen LogP contribution in [0.25, 0.3) is 0 Å². The maximum absolute atomic E-state index is 12.4. The van der Waals surface area contributed by atoms with E-state index in [4.69, 9.17) is 4.74 Å². The van der Waals surface area contributed by atoms with Crippen molar-refractivity contribution in [2.75, 3.05) is 25.0 Å². The van der Waals surface area contributed by atoms with Gasteiger partial charge in [-0.2, -0.15) is 0 Å². The highest BCUT2D eigenvalue weighted by molar-refractivity contribution is 7.89. The maximum atomic E-state index is 12.4. The van der Waals surface area contributed by atoms with E-state index in [-0.39, 0.29) is 29.8 Å². The molecule has 1 unspecified atom stereocenters. The Balaban J connectivity index is 0.00000261. The Kier molecular flexibility index (Phi) is 7.79. The van der Waals surface area contributed by atoms with Crippen molar-refractivity contribution in [2.45, 2.75) is 17.6 Å². The fraction of sp³-hybridized carbons (Fsp3) is 0.316. The van der Waals surface area contributed by atoms with Gasteiger partial charge in [0.25, 0.3) is 5.91 Å². The molecule has 0 radical (unpaired) electrons. The number of benzene rings is 2. The molecule has 2 aromatic carbocycles. The van der Waals surface area contributed by atoms with Gasteiger partial charge in [-0.15, -0.1) is 12.4 Å². The standard InChI is InChI=1S/C19H22N2O4S.ClH/c22-19(18-12-20-9-10-25-18)21-17-8-4-7-16(11-17)14-26(23,24)13-15-5-2-1-3-6-15;/h1-8,11,18,20H,9-10,12-14H2,(H,21,22);1H. The van der Waals surface area contributed by atoms with E-state index in [1.54, 1.807) is 36.4 Å². The summed E-state index contributed by atoms with van der Waals surface area (Å²) < 4.78 is 30.3. The molecule has 2 aromatic rings. The molecule has 1 aliphatic heterocycles. The highest BCUT2D eigenvalue weighted by atomic mass is 35.5. The van der Waals surface area contributed by atoms with Crippen molar-refractivity contribution >= 4 is 33.8 Å². The number of carbonyl (C=O) groups is 1. The predicted molar refractivity (Wildman–Crippen MR) is 108 cm³/mol. The zero-order chi connectivity index (χ0) is 18.4. The van der Waals surface area contributed by atoms with Gasteiger partial charge in [0.15, 0.2) is 9.84 Å². The average Bonchev–Trinajstić information content (AvgIpc) is 2.62. The van der Waals surface area contributed by atoms with Crippen molar-refractivity contribution in [1.29, 1.82) is 0 Å². The summed E-state index contributed by atoms with van der Waals surface area (Å²) >= 11 is 0. The number of amides is 1. The number of hydrogen-bond acceptors (Lipinski definition) is 5. The summed E-state index contributed by atoms with van der Waals surface area (Å²) in [6, 6.07) is 16.0. The number of nitrogens with one attached hydrogen (secondary N) is 2. The summed E-state index contributed by atoms with van der Waals surface area (Å²) in [4.78, 5) is 12.2. The van der Waals surface area contributed by atoms with Crippen molar-refractivity contribution in [3.63, 3.8) is 0 Å². The topological polar surface area (TPSA) is 84.5 Å². The van der Waals surface area contributed by atoms with Gasteiger partial charge in [0.05, 0.1) is 18.1 Å². The number of anilines is 1. The predicted octanol–water partition coefficient (Wildman–Crippen LogP) is 2.15. The molecule has 146 valence electrons. The molecule has 8 heteroatoms. The van der Waals surface area contributed by atoms with E-state index in [0.717, 1.165) is 12.1 Å². The first-order valence-electron chi connectivity index (χ1n) is 8.48. The summed E-state index contributed by atoms with van der Waals surface area (Å²) in [6.45, 7) is 1.70. The third-order valence-corrected chi connectivity index (χ3v) is 5.58. The van der Waals surface area contributed by atoms with Crippen LogP contribution in [0.3, 0.4) is 0 Å². The van der Waals surface area contributed by atoms with Crippen LogP contribution in [-0.2, 0) is 30.9 Å². The Morgan fingerprint density at radius 2 is 1.78 bits per heavy atom. The van der Waals surface area contributed by atoms with Crippen LogP contribution in [0.15, 0.2) is 54.6 Å². The first-order valence-corrected chi connectivity index (χ1v) is 10.3. The van der Waals surface area contributed by atoms with Crippen molar-refractivity contribution < 1.29 is 17.9 Å². The van der Waals surface area contributed by atoms with Crippen LogP contribution in [0.2, 0.25) is 0 Å². The Morgan fingerprint density at radius 1 is 1.07 bits per heavy atom. The Bertz CT molecular complexity index is 853. The van der Waals surface area contributed by atoms with Gasteiger partial charge in [-0.1, -0.05) is 42.5 Å². The largest absolute Gasteiger partial charge is 0.366 e. The van der Waals surface area contributed by atoms with Crippen LogP contribution in [0.4, 0.5) is 5.69 Å². The monoisotopic (exact) mass is 410 g/mol. The van der Waals surface area contributed by atoms with E-state index >= 15 is 0 Å². The number of morpholine rings is 1. The van der Waals surface area contributed by atoms with E-state index in [1.165, 1.54) is 0 Å². The van der Waals surface area contributed by atoms with Gasteiger partial charge in [-0.05, 0) is 23.3 Å². The number of sulfone groups is 1. The van der Waals surface area contributed by atoms with Gasteiger partial charge >= 0.3 is 0 Å². The molecule has 2 N–H and O–H groups in total. The summed E-state index contributed by atoms with van der Waals surface area (Å²) in [5.74, 6) is -0.319. The zero-order valence-corrected chi connectivity index (χ0v) is 16.4. The highest BCUT2D eigenvalue weighted by Gasteiger charge is 2.22. The van der Waals surface area contributed by atoms with Gasteiger partial charge in [-0.3, -0.25) is 4.79 Å². The van der Waals surface area contributed by atoms with Gasteiger partial charge in [0, 0.05) is 18.8 Å². The molecule has 0 aromatic heterocycles. The lowest BCUT2D eigenvalue weighted by Gasteiger charge is -2.22. The number of ether oxygens (including phenoxy) is 1. The van der Waals surface area contributed by atoms with Crippen molar-refractivity contribution in [1.82, 2.24) is 5.32 Å². The zero-order valence-electron chi connectivity index (χ0n) is 14.8. The van der Waals surface area contributed by atoms with Crippen molar-refractivity contribution in [3.8, 4) is 0 Å². The van der Waals surface area contributed by atoms with Crippen LogP contribution in [-0.4, -0.2) is 40.1 Å². The lowest BCUT2D eigenvalue weighted by Crippen LogP contribution is -2.45. The number of rotatable bonds is 6. The van der Waals surface area contributed by atoms with E-state index in [2.05, 4.69) is 10.6 Å². The fourth-order valence-electron chi connectivity index (χ4n) is 2.83. The van der Waals surface area contributed by atoms with Gasteiger partial charge < -0.3 is 15.4 Å². The Labute approximate surface area is 165 Å². The first-order chi connectivity index (χ1) is 12.5. The van der Waals surface area contributed by atoms with Gasteiger partial charge in [0.1, 0.15) is 6.10 Å². The maximum Gasteiger partial charge on any atom is 0.254 e. The van der Waals surface area contributed by atoms with Crippen LogP contribution < -0.4 is 10.6 Å². The van der Waals surface area contributed by atoms with Crippen LogP contribution in [0, 0.1) is 0 Å². The molecule has 0 bridgehead atoms. The molecule has 1 fully saturated rings. The lowest BCUT2D eigenvalue weighted by molar-refractivity contribution is -0.128. The molecule has 6 nitrogen and oxygen atoms in total. The van der Waals surface area contributed by atoms with Crippen molar-refractivity contribution in [3.05, 3.63) is 65.7 Å². The normalized spacial score (nSPS) is 17.0. The molecule has 3 rings (SSSR count). The number of hydrogen-bond donors (Lipinski definition) is 2. The van der Waals surface area contributed by atoms with Crippen LogP contribution >= 0.6 is 12.4 Å². The number of halogens is 1. The molecular weight excluding hydrogens is 388 g/mol. The SMILES string of the molecule is Cl.O=C(Nc1cccc(CS(=O)(=O)Cc2ccccc2)c1)C1CNCCO1. The first kappa shape index (κ1) is 21.4. The Hall–Kier alpha value is -1.93. The van der Waals surface area contributed by atoms with Crippen molar-refractivity contribution in [2.24, 2.45) is 0 Å². The second-order valence-corrected chi connectivity index (χ2v) is 8.34.